The molecule has 2 saturated heterocycles. The molecule has 192 valence electrons. The number of benzene rings is 1. The number of hydrogen-bond acceptors (Lipinski definition) is 7. The highest BCUT2D eigenvalue weighted by Crippen LogP contribution is 2.45. The second-order valence-corrected chi connectivity index (χ2v) is 13.3. The van der Waals surface area contributed by atoms with Crippen LogP contribution in [0.5, 0.6) is 0 Å². The van der Waals surface area contributed by atoms with Crippen LogP contribution in [-0.4, -0.2) is 65.2 Å². The maximum absolute atomic E-state index is 5.10. The highest BCUT2D eigenvalue weighted by atomic mass is 32.2. The van der Waals surface area contributed by atoms with Gasteiger partial charge in [0.1, 0.15) is 15.7 Å². The van der Waals surface area contributed by atoms with Gasteiger partial charge in [-0.3, -0.25) is 0 Å². The van der Waals surface area contributed by atoms with Gasteiger partial charge in [0.05, 0.1) is 10.3 Å². The van der Waals surface area contributed by atoms with Gasteiger partial charge in [-0.15, -0.1) is 20.6 Å². The zero-order valence-electron chi connectivity index (χ0n) is 21.6. The molecule has 0 spiro atoms. The fraction of sp³-hybridized carbons (Fsp3) is 0.536. The summed E-state index contributed by atoms with van der Waals surface area (Å²) >= 11 is 3.56. The minimum Gasteiger partial charge on any atom is -0.339 e. The highest BCUT2D eigenvalue weighted by molar-refractivity contribution is 8.18. The van der Waals surface area contributed by atoms with Crippen molar-refractivity contribution in [1.82, 2.24) is 15.2 Å². The first-order valence-electron chi connectivity index (χ1n) is 13.3. The van der Waals surface area contributed by atoms with E-state index in [0.717, 1.165) is 45.7 Å². The first kappa shape index (κ1) is 26.1. The van der Waals surface area contributed by atoms with Crippen molar-refractivity contribution in [3.8, 4) is 0 Å². The molecule has 1 atom stereocenters. The summed E-state index contributed by atoms with van der Waals surface area (Å²) in [5, 5.41) is 6.02. The summed E-state index contributed by atoms with van der Waals surface area (Å²) in [5.74, 6) is 0.516. The van der Waals surface area contributed by atoms with Crippen molar-refractivity contribution in [2.24, 2.45) is 4.99 Å². The molecule has 36 heavy (non-hydrogen) atoms. The van der Waals surface area contributed by atoms with Gasteiger partial charge in [-0.25, -0.2) is 9.98 Å². The molecule has 0 aliphatic carbocycles. The molecule has 0 amide bonds. The van der Waals surface area contributed by atoms with Crippen LogP contribution in [0.15, 0.2) is 29.8 Å². The molecule has 2 aromatic rings. The number of aromatic nitrogens is 1. The van der Waals surface area contributed by atoms with Gasteiger partial charge >= 0.3 is 0 Å². The van der Waals surface area contributed by atoms with Gasteiger partial charge in [0.25, 0.3) is 0 Å². The largest absolute Gasteiger partial charge is 0.339 e. The number of aliphatic imine (C=N–C) groups is 1. The normalized spacial score (nSPS) is 20.9. The number of fused-ring (bicyclic) bond motifs is 1. The number of anilines is 1. The number of hydrogen-bond donors (Lipinski definition) is 1. The summed E-state index contributed by atoms with van der Waals surface area (Å²) in [6, 6.07) is 6.88. The van der Waals surface area contributed by atoms with E-state index >= 15 is 0 Å². The van der Waals surface area contributed by atoms with Gasteiger partial charge in [0, 0.05) is 29.6 Å². The highest BCUT2D eigenvalue weighted by Gasteiger charge is 2.33. The molecular weight excluding hydrogens is 501 g/mol. The average molecular weight is 540 g/mol. The molecule has 3 aliphatic rings. The van der Waals surface area contributed by atoms with Gasteiger partial charge in [0.2, 0.25) is 0 Å². The van der Waals surface area contributed by atoms with E-state index in [-0.39, 0.29) is 0 Å². The minimum atomic E-state index is 0.516. The number of thiazole rings is 1. The van der Waals surface area contributed by atoms with Gasteiger partial charge in [-0.1, -0.05) is 35.6 Å². The van der Waals surface area contributed by atoms with Crippen LogP contribution in [0.1, 0.15) is 66.8 Å². The number of nitrogens with one attached hydrogen (secondary N) is 1. The molecule has 1 N–H and O–H groups in total. The van der Waals surface area contributed by atoms with E-state index in [1.807, 2.05) is 24.9 Å². The molecule has 0 saturated carbocycles. The van der Waals surface area contributed by atoms with Crippen molar-refractivity contribution in [3.63, 3.8) is 0 Å². The molecule has 5 rings (SSSR count). The fourth-order valence-corrected chi connectivity index (χ4v) is 8.33. The molecule has 0 bridgehead atoms. The molecule has 1 aromatic heterocycles. The standard InChI is InChI=1S/C28H38N5PS2/c1-4-30-26-25(31-27(36-26)28(34)35-22-9-12-29-13-10-22)20(3)33-18-21(11-16-32-14-5-6-15-32)23-17-19(2)7-8-24(23)33/h4,7-8,17,21-22,29,34H,3,5-6,9-16,18H2,1-2H3/b30-4-. The van der Waals surface area contributed by atoms with Gasteiger partial charge in [0.15, 0.2) is 0 Å². The van der Waals surface area contributed by atoms with Crippen molar-refractivity contribution in [2.75, 3.05) is 44.2 Å². The number of nitrogens with zero attached hydrogens (tertiary/aromatic N) is 4. The molecule has 1 aromatic carbocycles. The smallest absolute Gasteiger partial charge is 0.145 e. The molecule has 5 nitrogen and oxygen atoms in total. The second kappa shape index (κ2) is 11.9. The molecule has 4 heterocycles. The summed E-state index contributed by atoms with van der Waals surface area (Å²) < 4.78 is 1.11. The number of aryl methyl sites for hydroxylation is 1. The predicted molar refractivity (Wildman–Crippen MR) is 162 cm³/mol. The maximum Gasteiger partial charge on any atom is 0.145 e. The number of piperidine rings is 1. The van der Waals surface area contributed by atoms with E-state index in [0.29, 0.717) is 11.2 Å². The summed E-state index contributed by atoms with van der Waals surface area (Å²) in [6.45, 7) is 15.6. The van der Waals surface area contributed by atoms with E-state index in [2.05, 4.69) is 55.7 Å². The van der Waals surface area contributed by atoms with Crippen molar-refractivity contribution >= 4 is 59.2 Å². The van der Waals surface area contributed by atoms with Gasteiger partial charge < -0.3 is 15.1 Å². The fourth-order valence-electron chi connectivity index (χ4n) is 5.57. The van der Waals surface area contributed by atoms with Crippen LogP contribution >= 0.6 is 32.0 Å². The Morgan fingerprint density at radius 3 is 2.83 bits per heavy atom. The van der Waals surface area contributed by atoms with Crippen molar-refractivity contribution in [3.05, 3.63) is 46.6 Å². The summed E-state index contributed by atoms with van der Waals surface area (Å²) in [4.78, 5) is 14.8. The zero-order chi connectivity index (χ0) is 25.1. The Kier molecular flexibility index (Phi) is 8.64. The molecular formula is C28H38N5PS2. The predicted octanol–water partition coefficient (Wildman–Crippen LogP) is 6.34. The lowest BCUT2D eigenvalue weighted by molar-refractivity contribution is 0.324. The number of rotatable bonds is 9. The van der Waals surface area contributed by atoms with Crippen LogP contribution in [0, 0.1) is 6.92 Å². The Labute approximate surface area is 226 Å². The van der Waals surface area contributed by atoms with Crippen LogP contribution in [0.4, 0.5) is 10.7 Å². The average Bonchev–Trinajstić information content (AvgIpc) is 3.62. The monoisotopic (exact) mass is 539 g/mol. The molecule has 0 radical (unpaired) electrons. The lowest BCUT2D eigenvalue weighted by atomic mass is 9.96. The lowest BCUT2D eigenvalue weighted by Gasteiger charge is -2.23. The first-order chi connectivity index (χ1) is 17.5. The third-order valence-corrected chi connectivity index (χ3v) is 10.6. The molecule has 3 aliphatic heterocycles. The summed E-state index contributed by atoms with van der Waals surface area (Å²) in [6.07, 6.45) is 8.12. The van der Waals surface area contributed by atoms with Crippen LogP contribution in [0.25, 0.3) is 5.70 Å². The van der Waals surface area contributed by atoms with Crippen LogP contribution < -0.4 is 10.2 Å². The summed E-state index contributed by atoms with van der Waals surface area (Å²) in [7, 11) is 3.92. The Morgan fingerprint density at radius 1 is 1.31 bits per heavy atom. The van der Waals surface area contributed by atoms with Crippen molar-refractivity contribution in [1.29, 1.82) is 0 Å². The van der Waals surface area contributed by atoms with E-state index in [4.69, 9.17) is 9.98 Å². The zero-order valence-corrected chi connectivity index (χ0v) is 24.2. The lowest BCUT2D eigenvalue weighted by Crippen LogP contribution is -2.29. The van der Waals surface area contributed by atoms with Crippen molar-refractivity contribution in [2.45, 2.75) is 57.1 Å². The first-order valence-corrected chi connectivity index (χ1v) is 15.5. The molecule has 2 fully saturated rings. The number of thioether (sulfide) groups is 1. The Hall–Kier alpha value is -1.50. The van der Waals surface area contributed by atoms with Crippen LogP contribution in [-0.2, 0) is 0 Å². The van der Waals surface area contributed by atoms with Crippen LogP contribution in [0.2, 0.25) is 0 Å². The Morgan fingerprint density at radius 2 is 2.08 bits per heavy atom. The van der Waals surface area contributed by atoms with Crippen LogP contribution in [0.3, 0.4) is 0 Å². The third kappa shape index (κ3) is 5.81. The van der Waals surface area contributed by atoms with E-state index in [9.17, 15) is 0 Å². The second-order valence-electron chi connectivity index (χ2n) is 10.1. The quantitative estimate of drug-likeness (QED) is 0.298. The minimum absolute atomic E-state index is 0.516. The third-order valence-electron chi connectivity index (χ3n) is 7.53. The summed E-state index contributed by atoms with van der Waals surface area (Å²) in [5.41, 5.74) is 5.93. The molecule has 1 unspecified atom stereocenters. The van der Waals surface area contributed by atoms with E-state index in [1.165, 1.54) is 68.6 Å². The topological polar surface area (TPSA) is 43.8 Å². The number of likely N-dealkylation sites (tertiary alicyclic amines) is 1. The maximum atomic E-state index is 5.10. The van der Waals surface area contributed by atoms with E-state index in [1.54, 1.807) is 11.3 Å². The van der Waals surface area contributed by atoms with Gasteiger partial charge in [-0.05, 0) is 90.3 Å². The Balaban J connectivity index is 1.37. The van der Waals surface area contributed by atoms with Crippen molar-refractivity contribution < 1.29 is 0 Å². The van der Waals surface area contributed by atoms with Gasteiger partial charge in [-0.2, -0.15) is 0 Å². The Bertz CT molecular complexity index is 1130. The molecule has 8 heteroatoms. The SMILES string of the molecule is C=C(c1nc(C(=P)SC2CCNCC2)sc1/N=C\C)N1CC(CCN2CCCC2)c2cc(C)ccc21. The van der Waals surface area contributed by atoms with E-state index < -0.39 is 0 Å².